The van der Waals surface area contributed by atoms with Gasteiger partial charge in [-0.2, -0.15) is 0 Å². The van der Waals surface area contributed by atoms with Gasteiger partial charge >= 0.3 is 0 Å². The van der Waals surface area contributed by atoms with Gasteiger partial charge in [-0.3, -0.25) is 0 Å². The van der Waals surface area contributed by atoms with E-state index in [-0.39, 0.29) is 0 Å². The number of nitrogens with zero attached hydrogens (tertiary/aromatic N) is 1. The van der Waals surface area contributed by atoms with Crippen molar-refractivity contribution in [1.29, 1.82) is 0 Å². The number of rotatable bonds is 5. The van der Waals surface area contributed by atoms with Crippen molar-refractivity contribution in [3.8, 4) is 5.75 Å². The lowest BCUT2D eigenvalue weighted by Crippen LogP contribution is -1.98. The lowest BCUT2D eigenvalue weighted by Gasteiger charge is -2.09. The fraction of sp³-hybridized carbons (Fsp3) is 0.278. The molecule has 3 rings (SSSR count). The Kier molecular flexibility index (Phi) is 3.82. The summed E-state index contributed by atoms with van der Waals surface area (Å²) < 4.78 is 5.91. The van der Waals surface area contributed by atoms with Gasteiger partial charge in [0.1, 0.15) is 11.3 Å². The molecule has 0 fully saturated rings. The summed E-state index contributed by atoms with van der Waals surface area (Å²) in [4.78, 5) is 4.75. The van der Waals surface area contributed by atoms with E-state index in [1.54, 1.807) is 0 Å². The number of aromatic nitrogens is 1. The number of fused-ring (bicyclic) bond motifs is 2. The molecule has 0 atom stereocenters. The third-order valence-corrected chi connectivity index (χ3v) is 3.52. The van der Waals surface area contributed by atoms with Crippen LogP contribution in [0.1, 0.15) is 26.2 Å². The van der Waals surface area contributed by atoms with Crippen LogP contribution in [0, 0.1) is 0 Å². The predicted molar refractivity (Wildman–Crippen MR) is 84.3 cm³/mol. The molecular weight excluding hydrogens is 246 g/mol. The molecule has 3 aromatic rings. The summed E-state index contributed by atoms with van der Waals surface area (Å²) in [6, 6.07) is 16.5. The molecule has 2 nitrogen and oxygen atoms in total. The van der Waals surface area contributed by atoms with E-state index >= 15 is 0 Å². The third kappa shape index (κ3) is 2.60. The van der Waals surface area contributed by atoms with Crippen LogP contribution in [0.2, 0.25) is 0 Å². The largest absolute Gasteiger partial charge is 0.491 e. The van der Waals surface area contributed by atoms with Crippen molar-refractivity contribution < 1.29 is 4.74 Å². The zero-order valence-electron chi connectivity index (χ0n) is 11.8. The van der Waals surface area contributed by atoms with E-state index < -0.39 is 0 Å². The van der Waals surface area contributed by atoms with Crippen molar-refractivity contribution in [2.75, 3.05) is 6.61 Å². The molecule has 1 aromatic heterocycles. The first-order valence-corrected chi connectivity index (χ1v) is 7.30. The highest BCUT2D eigenvalue weighted by Crippen LogP contribution is 2.27. The summed E-state index contributed by atoms with van der Waals surface area (Å²) in [5, 5.41) is 2.31. The van der Waals surface area contributed by atoms with Gasteiger partial charge in [0.05, 0.1) is 12.1 Å². The van der Waals surface area contributed by atoms with Gasteiger partial charge in [0.15, 0.2) is 0 Å². The minimum Gasteiger partial charge on any atom is -0.491 e. The van der Waals surface area contributed by atoms with Gasteiger partial charge in [0.25, 0.3) is 0 Å². The maximum Gasteiger partial charge on any atom is 0.145 e. The van der Waals surface area contributed by atoms with E-state index in [2.05, 4.69) is 25.1 Å². The van der Waals surface area contributed by atoms with E-state index in [1.807, 2.05) is 30.3 Å². The zero-order chi connectivity index (χ0) is 13.8. The quantitative estimate of drug-likeness (QED) is 0.480. The van der Waals surface area contributed by atoms with Gasteiger partial charge in [0.2, 0.25) is 0 Å². The number of pyridine rings is 1. The fourth-order valence-electron chi connectivity index (χ4n) is 2.43. The van der Waals surface area contributed by atoms with Crippen LogP contribution in [0.25, 0.3) is 21.8 Å². The van der Waals surface area contributed by atoms with Crippen LogP contribution in [0.15, 0.2) is 48.5 Å². The first-order valence-electron chi connectivity index (χ1n) is 7.30. The van der Waals surface area contributed by atoms with Gasteiger partial charge in [-0.15, -0.1) is 0 Å². The molecule has 20 heavy (non-hydrogen) atoms. The normalized spacial score (nSPS) is 11.1. The fourth-order valence-corrected chi connectivity index (χ4v) is 2.43. The number of para-hydroxylation sites is 2. The van der Waals surface area contributed by atoms with Crippen LogP contribution < -0.4 is 4.74 Å². The SMILES string of the molecule is CCCCCOc1cccc2cc3ccccc3nc12. The summed E-state index contributed by atoms with van der Waals surface area (Å²) in [6.45, 7) is 2.97. The van der Waals surface area contributed by atoms with E-state index in [9.17, 15) is 0 Å². The Morgan fingerprint density at radius 1 is 0.950 bits per heavy atom. The molecule has 0 aliphatic carbocycles. The molecule has 0 spiro atoms. The van der Waals surface area contributed by atoms with E-state index in [0.717, 1.165) is 35.2 Å². The summed E-state index contributed by atoms with van der Waals surface area (Å²) in [6.07, 6.45) is 3.52. The smallest absolute Gasteiger partial charge is 0.145 e. The predicted octanol–water partition coefficient (Wildman–Crippen LogP) is 4.96. The number of hydrogen-bond acceptors (Lipinski definition) is 2. The highest BCUT2D eigenvalue weighted by molar-refractivity contribution is 5.95. The van der Waals surface area contributed by atoms with Gasteiger partial charge < -0.3 is 4.74 Å². The van der Waals surface area contributed by atoms with E-state index in [1.165, 1.54) is 18.2 Å². The molecule has 0 unspecified atom stereocenters. The summed E-state index contributed by atoms with van der Waals surface area (Å²) >= 11 is 0. The maximum absolute atomic E-state index is 5.91. The summed E-state index contributed by atoms with van der Waals surface area (Å²) in [7, 11) is 0. The van der Waals surface area contributed by atoms with Gasteiger partial charge in [-0.1, -0.05) is 50.1 Å². The summed E-state index contributed by atoms with van der Waals surface area (Å²) in [5.41, 5.74) is 1.98. The topological polar surface area (TPSA) is 22.1 Å². The Balaban J connectivity index is 1.97. The molecule has 0 amide bonds. The molecule has 0 radical (unpaired) electrons. The average molecular weight is 265 g/mol. The third-order valence-electron chi connectivity index (χ3n) is 3.52. The second-order valence-corrected chi connectivity index (χ2v) is 5.06. The van der Waals surface area contributed by atoms with E-state index in [4.69, 9.17) is 9.72 Å². The van der Waals surface area contributed by atoms with Crippen LogP contribution in [-0.4, -0.2) is 11.6 Å². The second-order valence-electron chi connectivity index (χ2n) is 5.06. The minimum atomic E-state index is 0.765. The number of unbranched alkanes of at least 4 members (excludes halogenated alkanes) is 2. The Bertz CT molecular complexity index is 721. The van der Waals surface area contributed by atoms with Gasteiger partial charge in [0, 0.05) is 10.8 Å². The molecule has 0 aliphatic rings. The molecular formula is C18H19NO. The molecule has 0 bridgehead atoms. The summed E-state index contributed by atoms with van der Waals surface area (Å²) in [5.74, 6) is 0.893. The number of hydrogen-bond donors (Lipinski definition) is 0. The molecule has 0 aliphatic heterocycles. The van der Waals surface area contributed by atoms with Crippen molar-refractivity contribution in [1.82, 2.24) is 4.98 Å². The van der Waals surface area contributed by atoms with Crippen LogP contribution in [0.5, 0.6) is 5.75 Å². The Morgan fingerprint density at radius 2 is 1.80 bits per heavy atom. The molecule has 1 heterocycles. The number of benzene rings is 2. The molecule has 2 heteroatoms. The monoisotopic (exact) mass is 265 g/mol. The van der Waals surface area contributed by atoms with Gasteiger partial charge in [-0.05, 0) is 24.6 Å². The average Bonchev–Trinajstić information content (AvgIpc) is 2.50. The van der Waals surface area contributed by atoms with Crippen molar-refractivity contribution in [3.63, 3.8) is 0 Å². The van der Waals surface area contributed by atoms with E-state index in [0.29, 0.717) is 0 Å². The van der Waals surface area contributed by atoms with Crippen LogP contribution in [0.3, 0.4) is 0 Å². The standard InChI is InChI=1S/C18H19NO/c1-2-3-6-12-20-17-11-7-9-15-13-14-8-4-5-10-16(14)19-18(15)17/h4-5,7-11,13H,2-3,6,12H2,1H3. The Labute approximate surface area is 119 Å². The van der Waals surface area contributed by atoms with Crippen LogP contribution >= 0.6 is 0 Å². The molecule has 0 saturated carbocycles. The first kappa shape index (κ1) is 12.9. The Hall–Kier alpha value is -2.09. The maximum atomic E-state index is 5.91. The zero-order valence-corrected chi connectivity index (χ0v) is 11.8. The van der Waals surface area contributed by atoms with Crippen molar-refractivity contribution >= 4 is 21.8 Å². The van der Waals surface area contributed by atoms with Gasteiger partial charge in [-0.25, -0.2) is 4.98 Å². The lowest BCUT2D eigenvalue weighted by atomic mass is 10.1. The minimum absolute atomic E-state index is 0.765. The molecule has 2 aromatic carbocycles. The molecule has 0 saturated heterocycles. The number of ether oxygens (including phenoxy) is 1. The highest BCUT2D eigenvalue weighted by atomic mass is 16.5. The van der Waals surface area contributed by atoms with Crippen molar-refractivity contribution in [2.24, 2.45) is 0 Å². The highest BCUT2D eigenvalue weighted by Gasteiger charge is 2.05. The first-order chi connectivity index (χ1) is 9.88. The van der Waals surface area contributed by atoms with Crippen molar-refractivity contribution in [2.45, 2.75) is 26.2 Å². The molecule has 102 valence electrons. The van der Waals surface area contributed by atoms with Crippen molar-refractivity contribution in [3.05, 3.63) is 48.5 Å². The lowest BCUT2D eigenvalue weighted by molar-refractivity contribution is 0.309. The van der Waals surface area contributed by atoms with Crippen LogP contribution in [-0.2, 0) is 0 Å². The Morgan fingerprint density at radius 3 is 2.70 bits per heavy atom. The van der Waals surface area contributed by atoms with Crippen LogP contribution in [0.4, 0.5) is 0 Å². The second kappa shape index (κ2) is 5.91. The molecule has 0 N–H and O–H groups in total.